The van der Waals surface area contributed by atoms with Gasteiger partial charge in [-0.15, -0.1) is 0 Å². The lowest BCUT2D eigenvalue weighted by Crippen LogP contribution is -1.95. The lowest BCUT2D eigenvalue weighted by Gasteiger charge is -2.04. The van der Waals surface area contributed by atoms with Crippen molar-refractivity contribution >= 4 is 11.8 Å². The first-order chi connectivity index (χ1) is 8.69. The highest BCUT2D eigenvalue weighted by molar-refractivity contribution is 7.98. The minimum Gasteiger partial charge on any atom is -0.245 e. The van der Waals surface area contributed by atoms with Crippen LogP contribution < -0.4 is 0 Å². The van der Waals surface area contributed by atoms with Crippen molar-refractivity contribution in [3.63, 3.8) is 0 Å². The fraction of sp³-hybridized carbons (Fsp3) is 0.231. The van der Waals surface area contributed by atoms with Gasteiger partial charge in [0.1, 0.15) is 11.8 Å². The fourth-order valence-corrected chi connectivity index (χ4v) is 2.49. The van der Waals surface area contributed by atoms with Gasteiger partial charge in [-0.05, 0) is 31.5 Å². The highest BCUT2D eigenvalue weighted by Gasteiger charge is 2.05. The molecule has 4 nitrogen and oxygen atoms in total. The molecule has 0 bridgehead atoms. The Labute approximate surface area is 110 Å². The molecule has 0 amide bonds. The van der Waals surface area contributed by atoms with E-state index in [1.165, 1.54) is 11.8 Å². The van der Waals surface area contributed by atoms with Crippen LogP contribution in [-0.4, -0.2) is 15.0 Å². The van der Waals surface area contributed by atoms with Crippen LogP contribution in [0.2, 0.25) is 0 Å². The maximum absolute atomic E-state index is 8.95. The molecule has 0 aliphatic rings. The molecule has 0 spiro atoms. The zero-order valence-corrected chi connectivity index (χ0v) is 11.0. The van der Waals surface area contributed by atoms with E-state index in [0.29, 0.717) is 11.4 Å². The predicted molar refractivity (Wildman–Crippen MR) is 70.0 cm³/mol. The molecular formula is C13H12N4S. The summed E-state index contributed by atoms with van der Waals surface area (Å²) in [7, 11) is 0. The summed E-state index contributed by atoms with van der Waals surface area (Å²) in [6.07, 6.45) is 1.63. The van der Waals surface area contributed by atoms with E-state index in [1.54, 1.807) is 6.20 Å². The molecule has 2 heterocycles. The van der Waals surface area contributed by atoms with Crippen LogP contribution >= 0.6 is 11.8 Å². The topological polar surface area (TPSA) is 62.5 Å². The summed E-state index contributed by atoms with van der Waals surface area (Å²) >= 11 is 1.52. The van der Waals surface area contributed by atoms with Crippen molar-refractivity contribution in [1.29, 1.82) is 5.26 Å². The maximum atomic E-state index is 8.95. The Balaban J connectivity index is 2.14. The molecule has 18 heavy (non-hydrogen) atoms. The summed E-state index contributed by atoms with van der Waals surface area (Å²) in [5.74, 6) is 0.652. The average molecular weight is 256 g/mol. The number of nitriles is 1. The first-order valence-corrected chi connectivity index (χ1v) is 6.46. The number of nitrogens with zero attached hydrogens (tertiary/aromatic N) is 4. The number of hydrogen-bond donors (Lipinski definition) is 0. The molecule has 0 radical (unpaired) electrons. The Hall–Kier alpha value is -1.93. The van der Waals surface area contributed by atoms with E-state index >= 15 is 0 Å². The molecule has 0 aliphatic carbocycles. The van der Waals surface area contributed by atoms with Crippen LogP contribution in [0, 0.1) is 25.2 Å². The van der Waals surface area contributed by atoms with Crippen LogP contribution in [0.3, 0.4) is 0 Å². The Morgan fingerprint density at radius 1 is 1.28 bits per heavy atom. The second-order valence-corrected chi connectivity index (χ2v) is 4.79. The van der Waals surface area contributed by atoms with Gasteiger partial charge in [0.2, 0.25) is 0 Å². The summed E-state index contributed by atoms with van der Waals surface area (Å²) in [5, 5.41) is 9.69. The number of thioether (sulfide) groups is 1. The Morgan fingerprint density at radius 2 is 2.00 bits per heavy atom. The van der Waals surface area contributed by atoms with E-state index in [2.05, 4.69) is 21.0 Å². The molecule has 0 aliphatic heterocycles. The average Bonchev–Trinajstić information content (AvgIpc) is 2.35. The Kier molecular flexibility index (Phi) is 3.90. The van der Waals surface area contributed by atoms with Crippen molar-refractivity contribution in [2.75, 3.05) is 0 Å². The SMILES string of the molecule is Cc1cc(C)nc(SCc2cccnc2C#N)n1. The van der Waals surface area contributed by atoms with Crippen molar-refractivity contribution < 1.29 is 0 Å². The molecule has 0 N–H and O–H groups in total. The number of aromatic nitrogens is 3. The summed E-state index contributed by atoms with van der Waals surface area (Å²) < 4.78 is 0. The highest BCUT2D eigenvalue weighted by atomic mass is 32.2. The summed E-state index contributed by atoms with van der Waals surface area (Å²) in [5.41, 5.74) is 3.29. The number of hydrogen-bond acceptors (Lipinski definition) is 5. The van der Waals surface area contributed by atoms with Gasteiger partial charge in [0.05, 0.1) is 0 Å². The summed E-state index contributed by atoms with van der Waals surface area (Å²) in [6, 6.07) is 7.77. The first-order valence-electron chi connectivity index (χ1n) is 5.48. The molecule has 90 valence electrons. The van der Waals surface area contributed by atoms with Crippen LogP contribution in [0.4, 0.5) is 0 Å². The van der Waals surface area contributed by atoms with Crippen LogP contribution in [0.15, 0.2) is 29.6 Å². The molecule has 0 unspecified atom stereocenters. The lowest BCUT2D eigenvalue weighted by atomic mass is 10.2. The first kappa shape index (κ1) is 12.5. The maximum Gasteiger partial charge on any atom is 0.188 e. The van der Waals surface area contributed by atoms with Gasteiger partial charge in [0, 0.05) is 23.3 Å². The fourth-order valence-electron chi connectivity index (χ4n) is 1.56. The molecule has 2 aromatic rings. The molecule has 2 rings (SSSR count). The van der Waals surface area contributed by atoms with Crippen LogP contribution in [0.5, 0.6) is 0 Å². The van der Waals surface area contributed by atoms with Crippen molar-refractivity contribution in [2.24, 2.45) is 0 Å². The van der Waals surface area contributed by atoms with Crippen molar-refractivity contribution in [3.8, 4) is 6.07 Å². The molecule has 0 aromatic carbocycles. The van der Waals surface area contributed by atoms with E-state index in [9.17, 15) is 0 Å². The third-order valence-electron chi connectivity index (χ3n) is 2.32. The molecule has 0 saturated heterocycles. The van der Waals surface area contributed by atoms with Crippen LogP contribution in [0.25, 0.3) is 0 Å². The molecule has 0 atom stereocenters. The third-order valence-corrected chi connectivity index (χ3v) is 3.21. The summed E-state index contributed by atoms with van der Waals surface area (Å²) in [6.45, 7) is 3.90. The van der Waals surface area contributed by atoms with Crippen molar-refractivity contribution in [1.82, 2.24) is 15.0 Å². The molecular weight excluding hydrogens is 244 g/mol. The van der Waals surface area contributed by atoms with Gasteiger partial charge in [-0.3, -0.25) is 0 Å². The van der Waals surface area contributed by atoms with Gasteiger partial charge in [0.15, 0.2) is 5.16 Å². The monoisotopic (exact) mass is 256 g/mol. The number of pyridine rings is 1. The lowest BCUT2D eigenvalue weighted by molar-refractivity contribution is 0.901. The predicted octanol–water partition coefficient (Wildman–Crippen LogP) is 2.65. The van der Waals surface area contributed by atoms with Gasteiger partial charge in [-0.2, -0.15) is 5.26 Å². The smallest absolute Gasteiger partial charge is 0.188 e. The van der Waals surface area contributed by atoms with Crippen molar-refractivity contribution in [2.45, 2.75) is 24.8 Å². The largest absolute Gasteiger partial charge is 0.245 e. The second kappa shape index (κ2) is 5.61. The Morgan fingerprint density at radius 3 is 2.67 bits per heavy atom. The Bertz CT molecular complexity index is 584. The zero-order valence-electron chi connectivity index (χ0n) is 10.2. The van der Waals surface area contributed by atoms with Crippen LogP contribution in [-0.2, 0) is 5.75 Å². The molecule has 5 heteroatoms. The molecule has 0 fully saturated rings. The third kappa shape index (κ3) is 3.05. The van der Waals surface area contributed by atoms with Gasteiger partial charge >= 0.3 is 0 Å². The van der Waals surface area contributed by atoms with E-state index in [4.69, 9.17) is 5.26 Å². The van der Waals surface area contributed by atoms with E-state index in [-0.39, 0.29) is 0 Å². The van der Waals surface area contributed by atoms with E-state index in [0.717, 1.165) is 22.1 Å². The van der Waals surface area contributed by atoms with Gasteiger partial charge < -0.3 is 0 Å². The molecule has 0 saturated carbocycles. The quantitative estimate of drug-likeness (QED) is 0.624. The van der Waals surface area contributed by atoms with Gasteiger partial charge in [-0.25, -0.2) is 15.0 Å². The van der Waals surface area contributed by atoms with E-state index in [1.807, 2.05) is 32.0 Å². The van der Waals surface area contributed by atoms with Gasteiger partial charge in [-0.1, -0.05) is 17.8 Å². The number of aryl methyl sites for hydroxylation is 2. The van der Waals surface area contributed by atoms with Crippen LogP contribution in [0.1, 0.15) is 22.6 Å². The standard InChI is InChI=1S/C13H12N4S/c1-9-6-10(2)17-13(16-9)18-8-11-4-3-5-15-12(11)7-14/h3-6H,8H2,1-2H3. The second-order valence-electron chi connectivity index (χ2n) is 3.84. The highest BCUT2D eigenvalue weighted by Crippen LogP contribution is 2.20. The van der Waals surface area contributed by atoms with Gasteiger partial charge in [0.25, 0.3) is 0 Å². The zero-order chi connectivity index (χ0) is 13.0. The van der Waals surface area contributed by atoms with E-state index < -0.39 is 0 Å². The van der Waals surface area contributed by atoms with Crippen molar-refractivity contribution in [3.05, 3.63) is 47.0 Å². The molecule has 2 aromatic heterocycles. The number of rotatable bonds is 3. The minimum atomic E-state index is 0.467. The summed E-state index contributed by atoms with van der Waals surface area (Å²) in [4.78, 5) is 12.7. The normalized spacial score (nSPS) is 10.1. The minimum absolute atomic E-state index is 0.467.